The third kappa shape index (κ3) is 5.97. The summed E-state index contributed by atoms with van der Waals surface area (Å²) < 4.78 is 0. The Morgan fingerprint density at radius 3 is 2.43 bits per heavy atom. The molecule has 0 aliphatic heterocycles. The molecule has 3 heteroatoms. The van der Waals surface area contributed by atoms with Crippen LogP contribution >= 0.6 is 0 Å². The molecular weight excluding hydrogens is 176 g/mol. The largest absolute Gasteiger partial charge is 0.346 e. The first kappa shape index (κ1) is 13.4. The Kier molecular flexibility index (Phi) is 7.48. The van der Waals surface area contributed by atoms with E-state index in [9.17, 15) is 4.79 Å². The van der Waals surface area contributed by atoms with Crippen molar-refractivity contribution in [2.45, 2.75) is 33.1 Å². The molecule has 0 fully saturated rings. The predicted molar refractivity (Wildman–Crippen MR) is 60.3 cm³/mol. The van der Waals surface area contributed by atoms with Crippen LogP contribution in [0.25, 0.3) is 0 Å². The molecule has 0 saturated carbocycles. The van der Waals surface area contributed by atoms with Crippen molar-refractivity contribution in [3.8, 4) is 0 Å². The highest BCUT2D eigenvalue weighted by atomic mass is 16.2. The van der Waals surface area contributed by atoms with Crippen molar-refractivity contribution < 1.29 is 4.79 Å². The number of amides is 1. The van der Waals surface area contributed by atoms with Crippen LogP contribution in [-0.2, 0) is 4.79 Å². The molecule has 0 aliphatic carbocycles. The van der Waals surface area contributed by atoms with Crippen LogP contribution in [0.4, 0.5) is 0 Å². The summed E-state index contributed by atoms with van der Waals surface area (Å²) in [5, 5.41) is 3.12. The second-order valence-electron chi connectivity index (χ2n) is 4.08. The Labute approximate surface area is 87.9 Å². The van der Waals surface area contributed by atoms with Gasteiger partial charge in [-0.25, -0.2) is 0 Å². The molecule has 1 amide bonds. The number of hydrogen-bond donors (Lipinski definition) is 1. The summed E-state index contributed by atoms with van der Waals surface area (Å²) in [6, 6.07) is 0. The first-order chi connectivity index (χ1) is 6.59. The third-order valence-electron chi connectivity index (χ3n) is 2.29. The van der Waals surface area contributed by atoms with Gasteiger partial charge in [0.25, 0.3) is 0 Å². The highest BCUT2D eigenvalue weighted by molar-refractivity contribution is 5.77. The highest BCUT2D eigenvalue weighted by Gasteiger charge is 2.11. The van der Waals surface area contributed by atoms with Gasteiger partial charge in [-0.05, 0) is 26.4 Å². The topological polar surface area (TPSA) is 32.3 Å². The van der Waals surface area contributed by atoms with Gasteiger partial charge >= 0.3 is 0 Å². The van der Waals surface area contributed by atoms with E-state index in [1.165, 1.54) is 12.8 Å². The molecule has 0 aliphatic rings. The van der Waals surface area contributed by atoms with Gasteiger partial charge in [0.15, 0.2) is 0 Å². The van der Waals surface area contributed by atoms with Crippen LogP contribution in [0, 0.1) is 5.92 Å². The zero-order valence-electron chi connectivity index (χ0n) is 9.97. The molecule has 0 heterocycles. The molecule has 0 saturated heterocycles. The highest BCUT2D eigenvalue weighted by Crippen LogP contribution is 2.02. The molecule has 0 aromatic rings. The minimum absolute atomic E-state index is 0.123. The normalized spacial score (nSPS) is 10.6. The minimum atomic E-state index is 0.123. The number of nitrogens with one attached hydrogen (secondary N) is 1. The van der Waals surface area contributed by atoms with Gasteiger partial charge in [0.2, 0.25) is 5.91 Å². The van der Waals surface area contributed by atoms with Crippen LogP contribution in [-0.4, -0.2) is 38.0 Å². The van der Waals surface area contributed by atoms with E-state index >= 15 is 0 Å². The maximum Gasteiger partial charge on any atom is 0.224 e. The van der Waals surface area contributed by atoms with Crippen LogP contribution in [0.3, 0.4) is 0 Å². The number of hydrogen-bond acceptors (Lipinski definition) is 2. The molecule has 14 heavy (non-hydrogen) atoms. The van der Waals surface area contributed by atoms with Crippen molar-refractivity contribution in [3.05, 3.63) is 0 Å². The fraction of sp³-hybridized carbons (Fsp3) is 0.909. The van der Waals surface area contributed by atoms with E-state index in [0.717, 1.165) is 19.5 Å². The fourth-order valence-corrected chi connectivity index (χ4v) is 1.38. The molecule has 0 spiro atoms. The van der Waals surface area contributed by atoms with Gasteiger partial charge < -0.3 is 10.2 Å². The lowest BCUT2D eigenvalue weighted by Gasteiger charge is -2.19. The first-order valence-corrected chi connectivity index (χ1v) is 5.49. The number of rotatable bonds is 7. The van der Waals surface area contributed by atoms with E-state index in [-0.39, 0.29) is 11.8 Å². The smallest absolute Gasteiger partial charge is 0.224 e. The molecule has 0 atom stereocenters. The zero-order chi connectivity index (χ0) is 11.0. The molecule has 3 nitrogen and oxygen atoms in total. The molecule has 0 unspecified atom stereocenters. The van der Waals surface area contributed by atoms with Crippen molar-refractivity contribution >= 4 is 5.91 Å². The van der Waals surface area contributed by atoms with E-state index < -0.39 is 0 Å². The van der Waals surface area contributed by atoms with Crippen LogP contribution in [0.1, 0.15) is 33.1 Å². The quantitative estimate of drug-likeness (QED) is 0.632. The average Bonchev–Trinajstić information content (AvgIpc) is 2.16. The molecule has 84 valence electrons. The summed E-state index contributed by atoms with van der Waals surface area (Å²) in [7, 11) is 3.86. The number of carbonyl (C=O) groups excluding carboxylic acids is 1. The monoisotopic (exact) mass is 200 g/mol. The second-order valence-corrected chi connectivity index (χ2v) is 4.08. The summed E-state index contributed by atoms with van der Waals surface area (Å²) in [6.07, 6.45) is 3.49. The molecule has 0 aromatic heterocycles. The van der Waals surface area contributed by atoms with Crippen molar-refractivity contribution in [2.24, 2.45) is 5.92 Å². The Morgan fingerprint density at radius 2 is 1.93 bits per heavy atom. The van der Waals surface area contributed by atoms with Gasteiger partial charge in [-0.2, -0.15) is 0 Å². The van der Waals surface area contributed by atoms with E-state index in [4.69, 9.17) is 0 Å². The number of nitrogens with zero attached hydrogens (tertiary/aromatic N) is 1. The summed E-state index contributed by atoms with van der Waals surface area (Å²) in [5.74, 6) is 0.371. The standard InChI is InChI=1S/C11H24N2O/c1-10(2)11(14)13(4)9-7-5-6-8-12-3/h10,12H,5-9H2,1-4H3. The van der Waals surface area contributed by atoms with E-state index in [1.807, 2.05) is 32.8 Å². The lowest BCUT2D eigenvalue weighted by atomic mass is 10.2. The van der Waals surface area contributed by atoms with Crippen LogP contribution in [0.15, 0.2) is 0 Å². The Hall–Kier alpha value is -0.570. The molecular formula is C11H24N2O. The summed E-state index contributed by atoms with van der Waals surface area (Å²) >= 11 is 0. The van der Waals surface area contributed by atoms with Gasteiger partial charge in [0.1, 0.15) is 0 Å². The van der Waals surface area contributed by atoms with Gasteiger partial charge in [0.05, 0.1) is 0 Å². The van der Waals surface area contributed by atoms with Crippen molar-refractivity contribution in [1.82, 2.24) is 10.2 Å². The van der Waals surface area contributed by atoms with Gasteiger partial charge in [-0.3, -0.25) is 4.79 Å². The Balaban J connectivity index is 3.44. The van der Waals surface area contributed by atoms with Crippen LogP contribution < -0.4 is 5.32 Å². The molecule has 1 N–H and O–H groups in total. The number of carbonyl (C=O) groups is 1. The van der Waals surface area contributed by atoms with Gasteiger partial charge in [-0.15, -0.1) is 0 Å². The Morgan fingerprint density at radius 1 is 1.29 bits per heavy atom. The molecule has 0 radical (unpaired) electrons. The Bertz CT molecular complexity index is 157. The average molecular weight is 200 g/mol. The lowest BCUT2D eigenvalue weighted by molar-refractivity contribution is -0.133. The van der Waals surface area contributed by atoms with Crippen molar-refractivity contribution in [2.75, 3.05) is 27.2 Å². The predicted octanol–water partition coefficient (Wildman–Crippen LogP) is 1.49. The van der Waals surface area contributed by atoms with Crippen molar-refractivity contribution in [3.63, 3.8) is 0 Å². The third-order valence-corrected chi connectivity index (χ3v) is 2.29. The summed E-state index contributed by atoms with van der Waals surface area (Å²) in [4.78, 5) is 13.3. The zero-order valence-corrected chi connectivity index (χ0v) is 9.97. The van der Waals surface area contributed by atoms with E-state index in [1.54, 1.807) is 0 Å². The van der Waals surface area contributed by atoms with Gasteiger partial charge in [-0.1, -0.05) is 20.3 Å². The maximum absolute atomic E-state index is 11.5. The van der Waals surface area contributed by atoms with E-state index in [2.05, 4.69) is 5.32 Å². The van der Waals surface area contributed by atoms with Crippen LogP contribution in [0.2, 0.25) is 0 Å². The fourth-order valence-electron chi connectivity index (χ4n) is 1.38. The summed E-state index contributed by atoms with van der Waals surface area (Å²) in [6.45, 7) is 5.85. The lowest BCUT2D eigenvalue weighted by Crippen LogP contribution is -2.31. The van der Waals surface area contributed by atoms with Crippen molar-refractivity contribution in [1.29, 1.82) is 0 Å². The minimum Gasteiger partial charge on any atom is -0.346 e. The molecule has 0 aromatic carbocycles. The maximum atomic E-state index is 11.5. The number of unbranched alkanes of at least 4 members (excludes halogenated alkanes) is 2. The van der Waals surface area contributed by atoms with E-state index in [0.29, 0.717) is 0 Å². The molecule has 0 bridgehead atoms. The summed E-state index contributed by atoms with van der Waals surface area (Å²) in [5.41, 5.74) is 0. The molecule has 0 rings (SSSR count). The van der Waals surface area contributed by atoms with Crippen LogP contribution in [0.5, 0.6) is 0 Å². The second kappa shape index (κ2) is 7.80. The SMILES string of the molecule is CNCCCCCN(C)C(=O)C(C)C. The van der Waals surface area contributed by atoms with Gasteiger partial charge in [0, 0.05) is 19.5 Å². The first-order valence-electron chi connectivity index (χ1n) is 5.49.